The zero-order chi connectivity index (χ0) is 13.2. The van der Waals surface area contributed by atoms with Crippen molar-refractivity contribution in [3.8, 4) is 17.1 Å². The highest BCUT2D eigenvalue weighted by molar-refractivity contribution is 5.75. The van der Waals surface area contributed by atoms with E-state index in [0.717, 1.165) is 5.56 Å². The Morgan fingerprint density at radius 2 is 2.11 bits per heavy atom. The van der Waals surface area contributed by atoms with Crippen molar-refractivity contribution in [3.63, 3.8) is 0 Å². The van der Waals surface area contributed by atoms with E-state index in [1.165, 1.54) is 0 Å². The molecule has 0 atom stereocenters. The molecule has 0 saturated heterocycles. The first kappa shape index (κ1) is 11.4. The Morgan fingerprint density at radius 3 is 2.95 bits per heavy atom. The van der Waals surface area contributed by atoms with E-state index < -0.39 is 0 Å². The van der Waals surface area contributed by atoms with Crippen LogP contribution < -0.4 is 10.3 Å². The maximum atomic E-state index is 11.9. The summed E-state index contributed by atoms with van der Waals surface area (Å²) in [4.78, 5) is 23.1. The van der Waals surface area contributed by atoms with Crippen LogP contribution in [0, 0.1) is 0 Å². The van der Waals surface area contributed by atoms with Crippen LogP contribution in [0.3, 0.4) is 0 Å². The second kappa shape index (κ2) is 4.53. The molecule has 94 valence electrons. The van der Waals surface area contributed by atoms with Gasteiger partial charge in [0.05, 0.1) is 12.6 Å². The van der Waals surface area contributed by atoms with Gasteiger partial charge in [-0.1, -0.05) is 12.1 Å². The number of ether oxygens (including phenoxy) is 1. The molecule has 1 aromatic carbocycles. The Balaban J connectivity index is 2.22. The summed E-state index contributed by atoms with van der Waals surface area (Å²) >= 11 is 0. The number of hydrogen-bond acceptors (Lipinski definition) is 4. The van der Waals surface area contributed by atoms with Gasteiger partial charge >= 0.3 is 0 Å². The van der Waals surface area contributed by atoms with Crippen LogP contribution in [0.25, 0.3) is 22.4 Å². The molecular weight excluding hydrogens is 242 g/mol. The van der Waals surface area contributed by atoms with E-state index in [9.17, 15) is 4.79 Å². The highest BCUT2D eigenvalue weighted by atomic mass is 16.5. The van der Waals surface area contributed by atoms with Crippen LogP contribution in [0.2, 0.25) is 0 Å². The Bertz CT molecular complexity index is 796. The summed E-state index contributed by atoms with van der Waals surface area (Å²) in [6.07, 6.45) is 1.57. The number of rotatable bonds is 2. The van der Waals surface area contributed by atoms with Crippen molar-refractivity contribution in [2.24, 2.45) is 0 Å². The summed E-state index contributed by atoms with van der Waals surface area (Å²) in [7, 11) is 1.60. The molecule has 0 unspecified atom stereocenters. The summed E-state index contributed by atoms with van der Waals surface area (Å²) in [5.41, 5.74) is 1.46. The first-order chi connectivity index (χ1) is 9.28. The van der Waals surface area contributed by atoms with Gasteiger partial charge in [0.1, 0.15) is 11.6 Å². The van der Waals surface area contributed by atoms with Gasteiger partial charge in [-0.15, -0.1) is 0 Å². The molecule has 0 amide bonds. The summed E-state index contributed by atoms with van der Waals surface area (Å²) in [5.74, 6) is 1.22. The molecule has 5 nitrogen and oxygen atoms in total. The standard InChI is InChI=1S/C14H11N3O2/c1-19-10-5-2-4-9(8-10)13-16-11-6-3-7-15-12(11)14(18)17-13/h2-8H,1H3,(H,16,17,18). The molecule has 2 aromatic heterocycles. The molecule has 0 spiro atoms. The lowest BCUT2D eigenvalue weighted by Gasteiger charge is -2.04. The smallest absolute Gasteiger partial charge is 0.277 e. The van der Waals surface area contributed by atoms with Gasteiger partial charge in [0.25, 0.3) is 5.56 Å². The topological polar surface area (TPSA) is 67.9 Å². The third-order valence-corrected chi connectivity index (χ3v) is 2.81. The van der Waals surface area contributed by atoms with Crippen LogP contribution in [-0.2, 0) is 0 Å². The maximum absolute atomic E-state index is 11.9. The van der Waals surface area contributed by atoms with Crippen molar-refractivity contribution in [1.82, 2.24) is 15.0 Å². The van der Waals surface area contributed by atoms with Crippen LogP contribution >= 0.6 is 0 Å². The molecular formula is C14H11N3O2. The van der Waals surface area contributed by atoms with Crippen LogP contribution in [-0.4, -0.2) is 22.1 Å². The Labute approximate surface area is 108 Å². The number of hydrogen-bond donors (Lipinski definition) is 1. The average molecular weight is 253 g/mol. The van der Waals surface area contributed by atoms with Crippen LogP contribution in [0.15, 0.2) is 47.4 Å². The van der Waals surface area contributed by atoms with Gasteiger partial charge in [-0.2, -0.15) is 0 Å². The molecule has 0 bridgehead atoms. The van der Waals surface area contributed by atoms with Crippen LogP contribution in [0.5, 0.6) is 5.75 Å². The molecule has 0 aliphatic heterocycles. The van der Waals surface area contributed by atoms with Crippen molar-refractivity contribution in [1.29, 1.82) is 0 Å². The molecule has 0 aliphatic carbocycles. The monoisotopic (exact) mass is 253 g/mol. The highest BCUT2D eigenvalue weighted by Crippen LogP contribution is 2.20. The van der Waals surface area contributed by atoms with Gasteiger partial charge in [-0.3, -0.25) is 4.79 Å². The Morgan fingerprint density at radius 1 is 1.21 bits per heavy atom. The first-order valence-electron chi connectivity index (χ1n) is 5.77. The van der Waals surface area contributed by atoms with E-state index >= 15 is 0 Å². The second-order valence-corrected chi connectivity index (χ2v) is 4.02. The molecule has 19 heavy (non-hydrogen) atoms. The summed E-state index contributed by atoms with van der Waals surface area (Å²) in [6, 6.07) is 10.9. The molecule has 0 radical (unpaired) electrons. The number of nitrogens with one attached hydrogen (secondary N) is 1. The number of aromatic amines is 1. The SMILES string of the molecule is COc1cccc(-c2nc3cccnc3c(=O)[nH]2)c1. The van der Waals surface area contributed by atoms with E-state index in [1.807, 2.05) is 24.3 Å². The van der Waals surface area contributed by atoms with Crippen LogP contribution in [0.1, 0.15) is 0 Å². The zero-order valence-electron chi connectivity index (χ0n) is 10.3. The molecule has 0 saturated carbocycles. The zero-order valence-corrected chi connectivity index (χ0v) is 10.3. The van der Waals surface area contributed by atoms with Crippen molar-refractivity contribution >= 4 is 11.0 Å². The van der Waals surface area contributed by atoms with Crippen molar-refractivity contribution in [2.75, 3.05) is 7.11 Å². The third kappa shape index (κ3) is 2.06. The normalized spacial score (nSPS) is 10.6. The molecule has 0 aliphatic rings. The third-order valence-electron chi connectivity index (χ3n) is 2.81. The van der Waals surface area contributed by atoms with Gasteiger partial charge < -0.3 is 9.72 Å². The summed E-state index contributed by atoms with van der Waals surface area (Å²) in [6.45, 7) is 0. The number of nitrogens with zero attached hydrogens (tertiary/aromatic N) is 2. The van der Waals surface area contributed by atoms with Gasteiger partial charge in [0, 0.05) is 11.8 Å². The minimum Gasteiger partial charge on any atom is -0.497 e. The van der Waals surface area contributed by atoms with Crippen molar-refractivity contribution in [3.05, 3.63) is 52.9 Å². The van der Waals surface area contributed by atoms with Gasteiger partial charge in [-0.05, 0) is 24.3 Å². The molecule has 2 heterocycles. The fourth-order valence-electron chi connectivity index (χ4n) is 1.88. The van der Waals surface area contributed by atoms with E-state index in [2.05, 4.69) is 15.0 Å². The second-order valence-electron chi connectivity index (χ2n) is 4.02. The number of aromatic nitrogens is 3. The minimum atomic E-state index is -0.247. The number of fused-ring (bicyclic) bond motifs is 1. The lowest BCUT2D eigenvalue weighted by molar-refractivity contribution is 0.415. The first-order valence-corrected chi connectivity index (χ1v) is 5.77. The summed E-state index contributed by atoms with van der Waals surface area (Å²) in [5, 5.41) is 0. The summed E-state index contributed by atoms with van der Waals surface area (Å²) < 4.78 is 5.16. The molecule has 5 heteroatoms. The molecule has 0 fully saturated rings. The van der Waals surface area contributed by atoms with E-state index in [1.54, 1.807) is 25.4 Å². The predicted octanol–water partition coefficient (Wildman–Crippen LogP) is 1.99. The minimum absolute atomic E-state index is 0.247. The lowest BCUT2D eigenvalue weighted by atomic mass is 10.2. The van der Waals surface area contributed by atoms with E-state index in [4.69, 9.17) is 4.74 Å². The number of H-pyrrole nitrogens is 1. The van der Waals surface area contributed by atoms with Crippen LogP contribution in [0.4, 0.5) is 0 Å². The number of benzene rings is 1. The predicted molar refractivity (Wildman–Crippen MR) is 72.1 cm³/mol. The quantitative estimate of drug-likeness (QED) is 0.758. The number of pyridine rings is 1. The Hall–Kier alpha value is -2.69. The fraction of sp³-hybridized carbons (Fsp3) is 0.0714. The molecule has 3 aromatic rings. The average Bonchev–Trinajstić information content (AvgIpc) is 2.47. The lowest BCUT2D eigenvalue weighted by Crippen LogP contribution is -2.10. The van der Waals surface area contributed by atoms with E-state index in [-0.39, 0.29) is 5.56 Å². The van der Waals surface area contributed by atoms with Gasteiger partial charge in [0.15, 0.2) is 5.52 Å². The van der Waals surface area contributed by atoms with Crippen molar-refractivity contribution in [2.45, 2.75) is 0 Å². The fourth-order valence-corrected chi connectivity index (χ4v) is 1.88. The maximum Gasteiger partial charge on any atom is 0.277 e. The number of methoxy groups -OCH3 is 1. The van der Waals surface area contributed by atoms with Gasteiger partial charge in [-0.25, -0.2) is 9.97 Å². The Kier molecular flexibility index (Phi) is 2.72. The van der Waals surface area contributed by atoms with E-state index in [0.29, 0.717) is 22.6 Å². The largest absolute Gasteiger partial charge is 0.497 e. The van der Waals surface area contributed by atoms with Gasteiger partial charge in [0.2, 0.25) is 0 Å². The highest BCUT2D eigenvalue weighted by Gasteiger charge is 2.06. The molecule has 1 N–H and O–H groups in total. The molecule has 3 rings (SSSR count). The van der Waals surface area contributed by atoms with Crippen molar-refractivity contribution < 1.29 is 4.74 Å².